The average molecular weight is 271 g/mol. The van der Waals surface area contributed by atoms with Gasteiger partial charge in [-0.1, -0.05) is 6.07 Å². The monoisotopic (exact) mass is 270 g/mol. The predicted molar refractivity (Wildman–Crippen MR) is 69.4 cm³/mol. The highest BCUT2D eigenvalue weighted by Crippen LogP contribution is 2.09. The highest BCUT2D eigenvalue weighted by Gasteiger charge is 2.18. The predicted octanol–water partition coefficient (Wildman–Crippen LogP) is 0.852. The van der Waals surface area contributed by atoms with Gasteiger partial charge in [-0.25, -0.2) is 4.79 Å². The molecule has 1 aliphatic heterocycles. The van der Waals surface area contributed by atoms with Gasteiger partial charge in [0, 0.05) is 31.7 Å². The van der Waals surface area contributed by atoms with E-state index in [0.29, 0.717) is 18.7 Å². The summed E-state index contributed by atoms with van der Waals surface area (Å²) < 4.78 is 0. The number of amides is 1. The van der Waals surface area contributed by atoms with Crippen molar-refractivity contribution < 1.29 is 14.7 Å². The Balaban J connectivity index is 0.00000162. The minimum absolute atomic E-state index is 0. The van der Waals surface area contributed by atoms with Crippen LogP contribution in [-0.2, 0) is 0 Å². The Hall–Kier alpha value is -1.59. The van der Waals surface area contributed by atoms with Crippen LogP contribution in [0.3, 0.4) is 0 Å². The summed E-state index contributed by atoms with van der Waals surface area (Å²) >= 11 is 0. The molecule has 0 aromatic heterocycles. The SMILES string of the molecule is Cl.O=C(O)c1cccc(C(=O)N2CCNCC2)c1. The lowest BCUT2D eigenvalue weighted by molar-refractivity contribution is 0.0697. The molecule has 98 valence electrons. The zero-order chi connectivity index (χ0) is 12.3. The Kier molecular flexibility index (Phi) is 5.12. The van der Waals surface area contributed by atoms with Crippen molar-refractivity contribution in [1.82, 2.24) is 10.2 Å². The van der Waals surface area contributed by atoms with E-state index in [4.69, 9.17) is 5.11 Å². The topological polar surface area (TPSA) is 69.6 Å². The van der Waals surface area contributed by atoms with E-state index in [1.807, 2.05) is 0 Å². The zero-order valence-electron chi connectivity index (χ0n) is 9.76. The normalized spacial score (nSPS) is 14.8. The second-order valence-corrected chi connectivity index (χ2v) is 3.93. The molecule has 1 aromatic rings. The fraction of sp³-hybridized carbons (Fsp3) is 0.333. The van der Waals surface area contributed by atoms with Gasteiger partial charge in [0.1, 0.15) is 0 Å². The van der Waals surface area contributed by atoms with Gasteiger partial charge < -0.3 is 15.3 Å². The summed E-state index contributed by atoms with van der Waals surface area (Å²) in [7, 11) is 0. The quantitative estimate of drug-likeness (QED) is 0.836. The van der Waals surface area contributed by atoms with Crippen molar-refractivity contribution >= 4 is 24.3 Å². The van der Waals surface area contributed by atoms with Crippen LogP contribution in [-0.4, -0.2) is 48.1 Å². The number of carboxylic acids is 1. The van der Waals surface area contributed by atoms with E-state index in [1.165, 1.54) is 12.1 Å². The number of hydrogen-bond acceptors (Lipinski definition) is 3. The van der Waals surface area contributed by atoms with Crippen LogP contribution in [0, 0.1) is 0 Å². The van der Waals surface area contributed by atoms with E-state index in [0.717, 1.165) is 13.1 Å². The van der Waals surface area contributed by atoms with E-state index in [-0.39, 0.29) is 23.9 Å². The van der Waals surface area contributed by atoms with Crippen molar-refractivity contribution in [2.75, 3.05) is 26.2 Å². The first kappa shape index (κ1) is 14.5. The van der Waals surface area contributed by atoms with Crippen LogP contribution < -0.4 is 5.32 Å². The van der Waals surface area contributed by atoms with Crippen LogP contribution in [0.1, 0.15) is 20.7 Å². The summed E-state index contributed by atoms with van der Waals surface area (Å²) in [6.45, 7) is 2.89. The molecule has 2 N–H and O–H groups in total. The number of nitrogens with one attached hydrogen (secondary N) is 1. The highest BCUT2D eigenvalue weighted by molar-refractivity contribution is 5.97. The second kappa shape index (κ2) is 6.37. The highest BCUT2D eigenvalue weighted by atomic mass is 35.5. The molecule has 1 heterocycles. The Labute approximate surface area is 111 Å². The first-order chi connectivity index (χ1) is 8.18. The Morgan fingerprint density at radius 1 is 1.17 bits per heavy atom. The largest absolute Gasteiger partial charge is 0.478 e. The molecule has 18 heavy (non-hydrogen) atoms. The number of rotatable bonds is 2. The minimum Gasteiger partial charge on any atom is -0.478 e. The minimum atomic E-state index is -1.01. The molecule has 1 saturated heterocycles. The van der Waals surface area contributed by atoms with E-state index >= 15 is 0 Å². The van der Waals surface area contributed by atoms with Gasteiger partial charge in [0.15, 0.2) is 0 Å². The molecule has 6 heteroatoms. The molecule has 0 bridgehead atoms. The molecule has 1 amide bonds. The van der Waals surface area contributed by atoms with Crippen LogP contribution >= 0.6 is 12.4 Å². The average Bonchev–Trinajstić information content (AvgIpc) is 2.39. The third kappa shape index (κ3) is 3.21. The van der Waals surface area contributed by atoms with Crippen molar-refractivity contribution in [2.24, 2.45) is 0 Å². The maximum atomic E-state index is 12.1. The molecule has 2 rings (SSSR count). The van der Waals surface area contributed by atoms with Crippen LogP contribution in [0.2, 0.25) is 0 Å². The number of carbonyl (C=O) groups is 2. The van der Waals surface area contributed by atoms with Gasteiger partial charge in [0.25, 0.3) is 5.91 Å². The van der Waals surface area contributed by atoms with Gasteiger partial charge >= 0.3 is 5.97 Å². The molecule has 1 aromatic carbocycles. The maximum absolute atomic E-state index is 12.1. The number of benzene rings is 1. The van der Waals surface area contributed by atoms with Gasteiger partial charge in [-0.3, -0.25) is 4.79 Å². The van der Waals surface area contributed by atoms with Gasteiger partial charge in [0.2, 0.25) is 0 Å². The molecular formula is C12H15ClN2O3. The van der Waals surface area contributed by atoms with Crippen LogP contribution in [0.25, 0.3) is 0 Å². The van der Waals surface area contributed by atoms with Crippen LogP contribution in [0.15, 0.2) is 24.3 Å². The van der Waals surface area contributed by atoms with Gasteiger partial charge in [-0.15, -0.1) is 12.4 Å². The molecule has 0 spiro atoms. The molecule has 0 radical (unpaired) electrons. The molecule has 1 aliphatic rings. The van der Waals surface area contributed by atoms with E-state index in [1.54, 1.807) is 17.0 Å². The lowest BCUT2D eigenvalue weighted by Crippen LogP contribution is -2.46. The van der Waals surface area contributed by atoms with Crippen molar-refractivity contribution in [3.8, 4) is 0 Å². The Bertz CT molecular complexity index is 445. The number of hydrogen-bond donors (Lipinski definition) is 2. The first-order valence-electron chi connectivity index (χ1n) is 5.52. The van der Waals surface area contributed by atoms with Crippen molar-refractivity contribution in [1.29, 1.82) is 0 Å². The summed E-state index contributed by atoms with van der Waals surface area (Å²) in [6, 6.07) is 6.15. The van der Waals surface area contributed by atoms with Gasteiger partial charge in [-0.2, -0.15) is 0 Å². The van der Waals surface area contributed by atoms with Gasteiger partial charge in [-0.05, 0) is 18.2 Å². The maximum Gasteiger partial charge on any atom is 0.335 e. The summed E-state index contributed by atoms with van der Waals surface area (Å²) in [5.74, 6) is -1.12. The number of carboxylic acid groups (broad SMARTS) is 1. The number of nitrogens with zero attached hydrogens (tertiary/aromatic N) is 1. The fourth-order valence-electron chi connectivity index (χ4n) is 1.84. The first-order valence-corrected chi connectivity index (χ1v) is 5.52. The standard InChI is InChI=1S/C12H14N2O3.ClH/c15-11(14-6-4-13-5-7-14)9-2-1-3-10(8-9)12(16)17;/h1-3,8,13H,4-7H2,(H,16,17);1H. The summed E-state index contributed by atoms with van der Waals surface area (Å²) in [5, 5.41) is 12.0. The molecule has 0 unspecified atom stereocenters. The van der Waals surface area contributed by atoms with Crippen LogP contribution in [0.4, 0.5) is 0 Å². The van der Waals surface area contributed by atoms with Crippen LogP contribution in [0.5, 0.6) is 0 Å². The zero-order valence-corrected chi connectivity index (χ0v) is 10.6. The number of aromatic carboxylic acids is 1. The van der Waals surface area contributed by atoms with Crippen molar-refractivity contribution in [2.45, 2.75) is 0 Å². The number of halogens is 1. The molecule has 0 aliphatic carbocycles. The second-order valence-electron chi connectivity index (χ2n) is 3.93. The summed E-state index contributed by atoms with van der Waals surface area (Å²) in [4.78, 5) is 24.6. The smallest absolute Gasteiger partial charge is 0.335 e. The lowest BCUT2D eigenvalue weighted by Gasteiger charge is -2.27. The lowest BCUT2D eigenvalue weighted by atomic mass is 10.1. The number of carbonyl (C=O) groups excluding carboxylic acids is 1. The van der Waals surface area contributed by atoms with Crippen molar-refractivity contribution in [3.05, 3.63) is 35.4 Å². The molecule has 1 fully saturated rings. The molecule has 5 nitrogen and oxygen atoms in total. The molecule has 0 saturated carbocycles. The van der Waals surface area contributed by atoms with E-state index in [2.05, 4.69) is 5.32 Å². The summed E-state index contributed by atoms with van der Waals surface area (Å²) in [6.07, 6.45) is 0. The van der Waals surface area contributed by atoms with E-state index < -0.39 is 5.97 Å². The third-order valence-corrected chi connectivity index (χ3v) is 2.76. The Morgan fingerprint density at radius 2 is 1.78 bits per heavy atom. The Morgan fingerprint density at radius 3 is 2.39 bits per heavy atom. The molecular weight excluding hydrogens is 256 g/mol. The molecule has 0 atom stereocenters. The fourth-order valence-corrected chi connectivity index (χ4v) is 1.84. The van der Waals surface area contributed by atoms with E-state index in [9.17, 15) is 9.59 Å². The summed E-state index contributed by atoms with van der Waals surface area (Å²) in [5.41, 5.74) is 0.581. The van der Waals surface area contributed by atoms with Crippen molar-refractivity contribution in [3.63, 3.8) is 0 Å². The number of piperazine rings is 1. The third-order valence-electron chi connectivity index (χ3n) is 2.76. The van der Waals surface area contributed by atoms with Gasteiger partial charge in [0.05, 0.1) is 5.56 Å².